The van der Waals surface area contributed by atoms with E-state index >= 15 is 0 Å². The van der Waals surface area contributed by atoms with E-state index in [1.54, 1.807) is 6.20 Å². The van der Waals surface area contributed by atoms with Gasteiger partial charge < -0.3 is 4.74 Å². The number of ether oxygens (including phenoxy) is 1. The number of rotatable bonds is 3. The predicted molar refractivity (Wildman–Crippen MR) is 62.9 cm³/mol. The fourth-order valence-electron chi connectivity index (χ4n) is 1.92. The summed E-state index contributed by atoms with van der Waals surface area (Å²) in [5.74, 6) is 0. The highest BCUT2D eigenvalue weighted by atomic mass is 16.5. The zero-order valence-electron chi connectivity index (χ0n) is 9.24. The van der Waals surface area contributed by atoms with Gasteiger partial charge in [-0.3, -0.25) is 9.48 Å². The van der Waals surface area contributed by atoms with Gasteiger partial charge in [0, 0.05) is 17.3 Å². The maximum Gasteiger partial charge on any atom is 0.150 e. The predicted octanol–water partition coefficient (Wildman–Crippen LogP) is 1.93. The van der Waals surface area contributed by atoms with Gasteiger partial charge in [-0.25, -0.2) is 0 Å². The van der Waals surface area contributed by atoms with Gasteiger partial charge in [0.15, 0.2) is 6.29 Å². The summed E-state index contributed by atoms with van der Waals surface area (Å²) in [6.07, 6.45) is 4.63. The van der Waals surface area contributed by atoms with Crippen LogP contribution >= 0.6 is 0 Å². The van der Waals surface area contributed by atoms with Crippen molar-refractivity contribution in [1.29, 1.82) is 0 Å². The van der Waals surface area contributed by atoms with E-state index in [1.165, 1.54) is 0 Å². The molecule has 0 aliphatic carbocycles. The molecule has 0 spiro atoms. The average molecular weight is 228 g/mol. The monoisotopic (exact) mass is 228 g/mol. The summed E-state index contributed by atoms with van der Waals surface area (Å²) >= 11 is 0. The van der Waals surface area contributed by atoms with E-state index in [-0.39, 0.29) is 0 Å². The molecule has 0 bridgehead atoms. The third kappa shape index (κ3) is 1.76. The largest absolute Gasteiger partial charge is 0.377 e. The highest BCUT2D eigenvalue weighted by molar-refractivity contribution is 5.87. The number of aromatic nitrogens is 2. The third-order valence-electron chi connectivity index (χ3n) is 2.99. The lowest BCUT2D eigenvalue weighted by molar-refractivity contribution is -0.0286. The van der Waals surface area contributed by atoms with Crippen LogP contribution in [0.2, 0.25) is 0 Å². The average Bonchev–Trinajstić information content (AvgIpc) is 2.76. The van der Waals surface area contributed by atoms with Crippen molar-refractivity contribution < 1.29 is 9.53 Å². The second-order valence-corrected chi connectivity index (χ2v) is 4.11. The van der Waals surface area contributed by atoms with Crippen LogP contribution in [0.15, 0.2) is 36.7 Å². The first-order chi connectivity index (χ1) is 8.38. The molecule has 2 aromatic rings. The number of hydrogen-bond donors (Lipinski definition) is 0. The molecule has 2 heterocycles. The lowest BCUT2D eigenvalue weighted by Gasteiger charge is -2.25. The molecule has 1 aromatic heterocycles. The van der Waals surface area contributed by atoms with Crippen LogP contribution in [-0.4, -0.2) is 29.3 Å². The van der Waals surface area contributed by atoms with Crippen LogP contribution in [0, 0.1) is 0 Å². The van der Waals surface area contributed by atoms with Crippen molar-refractivity contribution >= 4 is 6.29 Å². The summed E-state index contributed by atoms with van der Waals surface area (Å²) in [5, 5.41) is 4.31. The van der Waals surface area contributed by atoms with Crippen molar-refractivity contribution in [2.45, 2.75) is 6.04 Å². The molecule has 4 heteroatoms. The van der Waals surface area contributed by atoms with Gasteiger partial charge in [0.1, 0.15) is 0 Å². The fourth-order valence-corrected chi connectivity index (χ4v) is 1.92. The smallest absolute Gasteiger partial charge is 0.150 e. The van der Waals surface area contributed by atoms with Crippen molar-refractivity contribution in [1.82, 2.24) is 9.78 Å². The van der Waals surface area contributed by atoms with E-state index in [1.807, 2.05) is 35.1 Å². The Labute approximate surface area is 98.8 Å². The summed E-state index contributed by atoms with van der Waals surface area (Å²) in [7, 11) is 0. The molecule has 0 radical (unpaired) electrons. The van der Waals surface area contributed by atoms with E-state index < -0.39 is 0 Å². The van der Waals surface area contributed by atoms with Crippen molar-refractivity contribution in [2.24, 2.45) is 0 Å². The maximum absolute atomic E-state index is 11.0. The summed E-state index contributed by atoms with van der Waals surface area (Å²) in [6.45, 7) is 1.44. The lowest BCUT2D eigenvalue weighted by atomic mass is 10.0. The van der Waals surface area contributed by atoms with E-state index in [0.717, 1.165) is 30.6 Å². The number of aldehydes is 1. The molecule has 1 saturated heterocycles. The Morgan fingerprint density at radius 2 is 2.18 bits per heavy atom. The van der Waals surface area contributed by atoms with Crippen LogP contribution in [0.25, 0.3) is 11.1 Å². The molecule has 3 rings (SSSR count). The van der Waals surface area contributed by atoms with Crippen LogP contribution in [0.4, 0.5) is 0 Å². The molecule has 1 fully saturated rings. The van der Waals surface area contributed by atoms with E-state index in [2.05, 4.69) is 5.10 Å². The molecule has 4 nitrogen and oxygen atoms in total. The topological polar surface area (TPSA) is 44.1 Å². The molecule has 0 amide bonds. The number of nitrogens with zero attached hydrogens (tertiary/aromatic N) is 2. The first kappa shape index (κ1) is 10.2. The molecule has 1 aliphatic rings. The van der Waals surface area contributed by atoms with E-state index in [4.69, 9.17) is 4.74 Å². The number of benzene rings is 1. The number of carbonyl (C=O) groups is 1. The van der Waals surface area contributed by atoms with Crippen molar-refractivity contribution in [2.75, 3.05) is 13.2 Å². The first-order valence-electron chi connectivity index (χ1n) is 5.55. The normalized spacial score (nSPS) is 15.5. The van der Waals surface area contributed by atoms with Gasteiger partial charge in [0.2, 0.25) is 0 Å². The lowest BCUT2D eigenvalue weighted by Crippen LogP contribution is -2.30. The summed E-state index contributed by atoms with van der Waals surface area (Å²) in [4.78, 5) is 11.0. The zero-order valence-corrected chi connectivity index (χ0v) is 9.24. The van der Waals surface area contributed by atoms with Crippen LogP contribution in [0.3, 0.4) is 0 Å². The van der Waals surface area contributed by atoms with Crippen LogP contribution < -0.4 is 0 Å². The maximum atomic E-state index is 11.0. The quantitative estimate of drug-likeness (QED) is 0.754. The molecule has 86 valence electrons. The standard InChI is InChI=1S/C13H12N2O2/c16-7-10-3-1-2-4-13(10)11-5-14-15(6-11)12-8-17-9-12/h1-7,12H,8-9H2. The molecule has 0 N–H and O–H groups in total. The SMILES string of the molecule is O=Cc1ccccc1-c1cnn(C2COC2)c1. The Balaban J connectivity index is 1.97. The Morgan fingerprint density at radius 3 is 2.88 bits per heavy atom. The van der Waals surface area contributed by atoms with E-state index in [9.17, 15) is 4.79 Å². The van der Waals surface area contributed by atoms with Gasteiger partial charge in [-0.15, -0.1) is 0 Å². The van der Waals surface area contributed by atoms with Gasteiger partial charge in [-0.2, -0.15) is 5.10 Å². The number of carbonyl (C=O) groups excluding carboxylic acids is 1. The second-order valence-electron chi connectivity index (χ2n) is 4.11. The van der Waals surface area contributed by atoms with Crippen LogP contribution in [0.1, 0.15) is 16.4 Å². The molecule has 17 heavy (non-hydrogen) atoms. The molecule has 0 unspecified atom stereocenters. The Morgan fingerprint density at radius 1 is 1.35 bits per heavy atom. The zero-order chi connectivity index (χ0) is 11.7. The fraction of sp³-hybridized carbons (Fsp3) is 0.231. The minimum Gasteiger partial charge on any atom is -0.377 e. The minimum absolute atomic E-state index is 0.340. The molecular formula is C13H12N2O2. The molecule has 1 aromatic carbocycles. The molecule has 0 saturated carbocycles. The Kier molecular flexibility index (Phi) is 2.49. The van der Waals surface area contributed by atoms with Gasteiger partial charge in [-0.05, 0) is 5.56 Å². The summed E-state index contributed by atoms with van der Waals surface area (Å²) in [5.41, 5.74) is 2.59. The van der Waals surface area contributed by atoms with Crippen LogP contribution in [-0.2, 0) is 4.74 Å². The summed E-state index contributed by atoms with van der Waals surface area (Å²) < 4.78 is 7.04. The van der Waals surface area contributed by atoms with E-state index in [0.29, 0.717) is 11.6 Å². The Hall–Kier alpha value is -1.94. The molecule has 1 aliphatic heterocycles. The third-order valence-corrected chi connectivity index (χ3v) is 2.99. The Bertz CT molecular complexity index is 544. The van der Waals surface area contributed by atoms with Crippen molar-refractivity contribution in [3.05, 3.63) is 42.2 Å². The second kappa shape index (κ2) is 4.14. The summed E-state index contributed by atoms with van der Waals surface area (Å²) in [6, 6.07) is 7.87. The number of hydrogen-bond acceptors (Lipinski definition) is 3. The van der Waals surface area contributed by atoms with Gasteiger partial charge in [0.25, 0.3) is 0 Å². The minimum atomic E-state index is 0.340. The van der Waals surface area contributed by atoms with Crippen LogP contribution in [0.5, 0.6) is 0 Å². The first-order valence-corrected chi connectivity index (χ1v) is 5.55. The van der Waals surface area contributed by atoms with Crippen molar-refractivity contribution in [3.63, 3.8) is 0 Å². The highest BCUT2D eigenvalue weighted by Gasteiger charge is 2.21. The van der Waals surface area contributed by atoms with Gasteiger partial charge in [-0.1, -0.05) is 24.3 Å². The molecule has 0 atom stereocenters. The van der Waals surface area contributed by atoms with Gasteiger partial charge >= 0.3 is 0 Å². The highest BCUT2D eigenvalue weighted by Crippen LogP contribution is 2.24. The van der Waals surface area contributed by atoms with Crippen molar-refractivity contribution in [3.8, 4) is 11.1 Å². The van der Waals surface area contributed by atoms with Gasteiger partial charge in [0.05, 0.1) is 25.5 Å². The molecular weight excluding hydrogens is 216 g/mol.